The number of nitrogens with zero attached hydrogens (tertiary/aromatic N) is 1. The highest BCUT2D eigenvalue weighted by Gasteiger charge is 2.43. The standard InChI is InChI=1S/C12H22N2O2/c1-11(2,3)10(16)14-7-6-12(4,8-14)9(15)13-5/h6-8H2,1-5H3,(H,13,15). The lowest BCUT2D eigenvalue weighted by atomic mass is 9.88. The third-order valence-corrected chi connectivity index (χ3v) is 3.18. The van der Waals surface area contributed by atoms with Gasteiger partial charge in [-0.2, -0.15) is 0 Å². The van der Waals surface area contributed by atoms with Crippen LogP contribution in [0.15, 0.2) is 0 Å². The van der Waals surface area contributed by atoms with Crippen LogP contribution in [0.4, 0.5) is 0 Å². The maximum atomic E-state index is 12.1. The number of carbonyl (C=O) groups is 2. The van der Waals surface area contributed by atoms with Gasteiger partial charge in [0.05, 0.1) is 5.41 Å². The molecule has 1 atom stereocenters. The van der Waals surface area contributed by atoms with Crippen molar-refractivity contribution in [2.75, 3.05) is 20.1 Å². The smallest absolute Gasteiger partial charge is 0.227 e. The Morgan fingerprint density at radius 1 is 1.31 bits per heavy atom. The average Bonchev–Trinajstić information content (AvgIpc) is 2.58. The van der Waals surface area contributed by atoms with Gasteiger partial charge < -0.3 is 10.2 Å². The Morgan fingerprint density at radius 3 is 2.31 bits per heavy atom. The lowest BCUT2D eigenvalue weighted by Gasteiger charge is -2.27. The van der Waals surface area contributed by atoms with Crippen LogP contribution < -0.4 is 5.32 Å². The highest BCUT2D eigenvalue weighted by Crippen LogP contribution is 2.32. The molecule has 4 heteroatoms. The highest BCUT2D eigenvalue weighted by atomic mass is 16.2. The third-order valence-electron chi connectivity index (χ3n) is 3.18. The van der Waals surface area contributed by atoms with Crippen molar-refractivity contribution in [3.05, 3.63) is 0 Å². The van der Waals surface area contributed by atoms with E-state index in [1.54, 1.807) is 11.9 Å². The molecule has 1 saturated heterocycles. The van der Waals surface area contributed by atoms with E-state index in [0.29, 0.717) is 13.1 Å². The molecule has 0 aromatic carbocycles. The molecular formula is C12H22N2O2. The fraction of sp³-hybridized carbons (Fsp3) is 0.833. The van der Waals surface area contributed by atoms with Gasteiger partial charge in [-0.15, -0.1) is 0 Å². The molecule has 1 rings (SSSR count). The summed E-state index contributed by atoms with van der Waals surface area (Å²) in [6, 6.07) is 0. The molecule has 1 heterocycles. The van der Waals surface area contributed by atoms with E-state index in [2.05, 4.69) is 5.32 Å². The zero-order chi connectivity index (χ0) is 12.6. The van der Waals surface area contributed by atoms with E-state index in [9.17, 15) is 9.59 Å². The van der Waals surface area contributed by atoms with Gasteiger partial charge in [0.25, 0.3) is 0 Å². The van der Waals surface area contributed by atoms with E-state index in [1.807, 2.05) is 27.7 Å². The first kappa shape index (κ1) is 13.0. The van der Waals surface area contributed by atoms with E-state index >= 15 is 0 Å². The summed E-state index contributed by atoms with van der Waals surface area (Å²) in [5.41, 5.74) is -0.788. The molecule has 0 aliphatic carbocycles. The van der Waals surface area contributed by atoms with Gasteiger partial charge in [0, 0.05) is 25.6 Å². The molecule has 2 amide bonds. The SMILES string of the molecule is CNC(=O)C1(C)CCN(C(=O)C(C)(C)C)C1. The maximum Gasteiger partial charge on any atom is 0.227 e. The van der Waals surface area contributed by atoms with E-state index in [1.165, 1.54) is 0 Å². The van der Waals surface area contributed by atoms with Crippen LogP contribution in [0.5, 0.6) is 0 Å². The minimum atomic E-state index is -0.421. The van der Waals surface area contributed by atoms with Gasteiger partial charge >= 0.3 is 0 Å². The van der Waals surface area contributed by atoms with Gasteiger partial charge in [-0.25, -0.2) is 0 Å². The zero-order valence-corrected chi connectivity index (χ0v) is 10.9. The molecule has 1 aliphatic rings. The van der Waals surface area contributed by atoms with Gasteiger partial charge in [0.1, 0.15) is 0 Å². The van der Waals surface area contributed by atoms with Crippen LogP contribution in [0.2, 0.25) is 0 Å². The molecule has 92 valence electrons. The van der Waals surface area contributed by atoms with Crippen LogP contribution in [0.1, 0.15) is 34.1 Å². The number of carbonyl (C=O) groups excluding carboxylic acids is 2. The Bertz CT molecular complexity index is 307. The molecule has 16 heavy (non-hydrogen) atoms. The Morgan fingerprint density at radius 2 is 1.88 bits per heavy atom. The molecular weight excluding hydrogens is 204 g/mol. The quantitative estimate of drug-likeness (QED) is 0.725. The summed E-state index contributed by atoms with van der Waals surface area (Å²) in [5.74, 6) is 0.150. The van der Waals surface area contributed by atoms with E-state index < -0.39 is 5.41 Å². The predicted octanol–water partition coefficient (Wildman–Crippen LogP) is 1.02. The van der Waals surface area contributed by atoms with Crippen LogP contribution in [0.25, 0.3) is 0 Å². The average molecular weight is 226 g/mol. The topological polar surface area (TPSA) is 49.4 Å². The Balaban J connectivity index is 2.73. The van der Waals surface area contributed by atoms with E-state index in [4.69, 9.17) is 0 Å². The molecule has 0 saturated carbocycles. The molecule has 0 spiro atoms. The van der Waals surface area contributed by atoms with Crippen molar-refractivity contribution in [2.45, 2.75) is 34.1 Å². The number of hydrogen-bond donors (Lipinski definition) is 1. The third kappa shape index (κ3) is 2.36. The van der Waals surface area contributed by atoms with Crippen molar-refractivity contribution in [3.63, 3.8) is 0 Å². The monoisotopic (exact) mass is 226 g/mol. The minimum Gasteiger partial charge on any atom is -0.359 e. The van der Waals surface area contributed by atoms with Crippen molar-refractivity contribution >= 4 is 11.8 Å². The van der Waals surface area contributed by atoms with Crippen molar-refractivity contribution < 1.29 is 9.59 Å². The number of likely N-dealkylation sites (tertiary alicyclic amines) is 1. The van der Waals surface area contributed by atoms with Gasteiger partial charge in [-0.05, 0) is 13.3 Å². The van der Waals surface area contributed by atoms with Crippen LogP contribution in [-0.4, -0.2) is 36.9 Å². The van der Waals surface area contributed by atoms with Crippen molar-refractivity contribution in [1.29, 1.82) is 0 Å². The Labute approximate surface area is 97.4 Å². The Kier molecular flexibility index (Phi) is 3.31. The summed E-state index contributed by atoms with van der Waals surface area (Å²) >= 11 is 0. The van der Waals surface area contributed by atoms with Crippen LogP contribution in [-0.2, 0) is 9.59 Å². The van der Waals surface area contributed by atoms with Crippen LogP contribution in [0.3, 0.4) is 0 Å². The summed E-state index contributed by atoms with van der Waals surface area (Å²) in [7, 11) is 1.64. The zero-order valence-electron chi connectivity index (χ0n) is 10.9. The second-order valence-electron chi connectivity index (χ2n) is 5.87. The van der Waals surface area contributed by atoms with Crippen molar-refractivity contribution in [2.24, 2.45) is 10.8 Å². The second-order valence-corrected chi connectivity index (χ2v) is 5.87. The predicted molar refractivity (Wildman–Crippen MR) is 62.8 cm³/mol. The molecule has 1 N–H and O–H groups in total. The van der Waals surface area contributed by atoms with Crippen molar-refractivity contribution in [1.82, 2.24) is 10.2 Å². The first-order chi connectivity index (χ1) is 7.20. The summed E-state index contributed by atoms with van der Waals surface area (Å²) in [6.07, 6.45) is 0.745. The summed E-state index contributed by atoms with van der Waals surface area (Å²) in [5, 5.41) is 2.67. The molecule has 1 unspecified atom stereocenters. The molecule has 0 radical (unpaired) electrons. The summed E-state index contributed by atoms with van der Waals surface area (Å²) < 4.78 is 0. The van der Waals surface area contributed by atoms with Gasteiger partial charge in [0.15, 0.2) is 0 Å². The van der Waals surface area contributed by atoms with Crippen molar-refractivity contribution in [3.8, 4) is 0 Å². The van der Waals surface area contributed by atoms with Gasteiger partial charge in [-0.1, -0.05) is 20.8 Å². The molecule has 4 nitrogen and oxygen atoms in total. The van der Waals surface area contributed by atoms with Gasteiger partial charge in [-0.3, -0.25) is 9.59 Å². The molecule has 0 aromatic rings. The number of amides is 2. The van der Waals surface area contributed by atoms with E-state index in [-0.39, 0.29) is 17.2 Å². The van der Waals surface area contributed by atoms with Crippen LogP contribution in [0, 0.1) is 10.8 Å². The van der Waals surface area contributed by atoms with Gasteiger partial charge in [0.2, 0.25) is 11.8 Å². The van der Waals surface area contributed by atoms with Crippen LogP contribution >= 0.6 is 0 Å². The normalized spacial score (nSPS) is 25.7. The minimum absolute atomic E-state index is 0.0247. The Hall–Kier alpha value is -1.06. The summed E-state index contributed by atoms with van der Waals surface area (Å²) in [6.45, 7) is 8.85. The first-order valence-corrected chi connectivity index (χ1v) is 5.72. The lowest BCUT2D eigenvalue weighted by Crippen LogP contribution is -2.43. The number of hydrogen-bond acceptors (Lipinski definition) is 2. The van der Waals surface area contributed by atoms with E-state index in [0.717, 1.165) is 6.42 Å². The first-order valence-electron chi connectivity index (χ1n) is 5.72. The summed E-state index contributed by atoms with van der Waals surface area (Å²) in [4.78, 5) is 25.6. The molecule has 1 fully saturated rings. The molecule has 0 bridgehead atoms. The fourth-order valence-corrected chi connectivity index (χ4v) is 2.10. The lowest BCUT2D eigenvalue weighted by molar-refractivity contribution is -0.139. The number of nitrogens with one attached hydrogen (secondary N) is 1. The highest BCUT2D eigenvalue weighted by molar-refractivity contribution is 5.86. The molecule has 1 aliphatic heterocycles. The second kappa shape index (κ2) is 4.07. The number of rotatable bonds is 1. The molecule has 0 aromatic heterocycles. The maximum absolute atomic E-state index is 12.1. The fourth-order valence-electron chi connectivity index (χ4n) is 2.10. The largest absolute Gasteiger partial charge is 0.359 e.